The number of carbonyl (C=O) groups is 1. The Morgan fingerprint density at radius 1 is 1.23 bits per heavy atom. The van der Waals surface area contributed by atoms with E-state index in [0.717, 1.165) is 36.1 Å². The van der Waals surface area contributed by atoms with Crippen molar-refractivity contribution in [1.82, 2.24) is 15.0 Å². The molecule has 0 unspecified atom stereocenters. The molecule has 0 N–H and O–H groups in total. The van der Waals surface area contributed by atoms with Crippen LogP contribution in [0.1, 0.15) is 44.4 Å². The van der Waals surface area contributed by atoms with Crippen LogP contribution < -0.4 is 4.74 Å². The number of ether oxygens (including phenoxy) is 1. The molecular weight excluding hydrogens is 390 g/mol. The van der Waals surface area contributed by atoms with Crippen LogP contribution in [0.25, 0.3) is 22.8 Å². The summed E-state index contributed by atoms with van der Waals surface area (Å²) in [6.07, 6.45) is 2.54. The van der Waals surface area contributed by atoms with Crippen LogP contribution in [-0.2, 0) is 11.2 Å². The van der Waals surface area contributed by atoms with Gasteiger partial charge in [-0.25, -0.2) is 0 Å². The SMILES string of the molecule is CCN(C)[C@H]1c2cccc(-c3noc(-c4ccc(OC(C)C)cc4)n3)c2C[C@H]1CC=O. The van der Waals surface area contributed by atoms with Crippen LogP contribution in [0.4, 0.5) is 0 Å². The Labute approximate surface area is 183 Å². The van der Waals surface area contributed by atoms with Crippen LogP contribution >= 0.6 is 0 Å². The highest BCUT2D eigenvalue weighted by atomic mass is 16.5. The molecule has 3 aromatic rings. The predicted molar refractivity (Wildman–Crippen MR) is 120 cm³/mol. The molecule has 1 aliphatic rings. The van der Waals surface area contributed by atoms with Crippen molar-refractivity contribution in [2.75, 3.05) is 13.6 Å². The lowest BCUT2D eigenvalue weighted by Crippen LogP contribution is -2.28. The summed E-state index contributed by atoms with van der Waals surface area (Å²) in [5.41, 5.74) is 4.31. The average Bonchev–Trinajstić information content (AvgIpc) is 3.38. The number of nitrogens with zero attached hydrogens (tertiary/aromatic N) is 3. The zero-order chi connectivity index (χ0) is 22.0. The normalized spacial score (nSPS) is 17.9. The monoisotopic (exact) mass is 419 g/mol. The molecule has 1 aliphatic carbocycles. The van der Waals surface area contributed by atoms with Crippen LogP contribution in [0.15, 0.2) is 47.0 Å². The molecule has 162 valence electrons. The van der Waals surface area contributed by atoms with Gasteiger partial charge < -0.3 is 14.1 Å². The van der Waals surface area contributed by atoms with Crippen LogP contribution in [-0.4, -0.2) is 41.0 Å². The van der Waals surface area contributed by atoms with E-state index in [0.29, 0.717) is 18.1 Å². The quantitative estimate of drug-likeness (QED) is 0.482. The molecule has 2 atom stereocenters. The number of carbonyl (C=O) groups excluding carboxylic acids is 1. The molecule has 2 aromatic carbocycles. The van der Waals surface area contributed by atoms with Gasteiger partial charge in [0.2, 0.25) is 5.82 Å². The Morgan fingerprint density at radius 2 is 2.00 bits per heavy atom. The average molecular weight is 420 g/mol. The summed E-state index contributed by atoms with van der Waals surface area (Å²) in [6.45, 7) is 7.06. The molecule has 0 amide bonds. The van der Waals surface area contributed by atoms with E-state index in [2.05, 4.69) is 35.1 Å². The Bertz CT molecular complexity index is 1040. The van der Waals surface area contributed by atoms with Gasteiger partial charge in [0, 0.05) is 23.6 Å². The molecule has 0 aliphatic heterocycles. The largest absolute Gasteiger partial charge is 0.491 e. The van der Waals surface area contributed by atoms with Crippen LogP contribution in [0.5, 0.6) is 5.75 Å². The van der Waals surface area contributed by atoms with Crippen molar-refractivity contribution in [1.29, 1.82) is 0 Å². The highest BCUT2D eigenvalue weighted by Gasteiger charge is 2.36. The first kappa shape index (κ1) is 21.2. The van der Waals surface area contributed by atoms with Gasteiger partial charge in [0.25, 0.3) is 5.89 Å². The van der Waals surface area contributed by atoms with Crippen LogP contribution in [0.3, 0.4) is 0 Å². The maximum absolute atomic E-state index is 11.3. The number of rotatable bonds is 8. The minimum Gasteiger partial charge on any atom is -0.491 e. The molecule has 31 heavy (non-hydrogen) atoms. The Hall–Kier alpha value is -2.99. The van der Waals surface area contributed by atoms with E-state index < -0.39 is 0 Å². The molecule has 1 aromatic heterocycles. The van der Waals surface area contributed by atoms with Gasteiger partial charge in [0.05, 0.1) is 6.10 Å². The fraction of sp³-hybridized carbons (Fsp3) is 0.400. The molecule has 0 radical (unpaired) electrons. The van der Waals surface area contributed by atoms with Crippen molar-refractivity contribution >= 4 is 6.29 Å². The van der Waals surface area contributed by atoms with Crippen molar-refractivity contribution in [3.8, 4) is 28.6 Å². The van der Waals surface area contributed by atoms with Crippen molar-refractivity contribution in [2.24, 2.45) is 5.92 Å². The summed E-state index contributed by atoms with van der Waals surface area (Å²) < 4.78 is 11.3. The van der Waals surface area contributed by atoms with E-state index in [1.165, 1.54) is 11.1 Å². The van der Waals surface area contributed by atoms with E-state index in [1.807, 2.05) is 50.2 Å². The summed E-state index contributed by atoms with van der Waals surface area (Å²) in [5, 5.41) is 4.27. The van der Waals surface area contributed by atoms with Crippen LogP contribution in [0.2, 0.25) is 0 Å². The molecule has 1 heterocycles. The maximum Gasteiger partial charge on any atom is 0.258 e. The smallest absolute Gasteiger partial charge is 0.258 e. The summed E-state index contributed by atoms with van der Waals surface area (Å²) >= 11 is 0. The molecular formula is C25H29N3O3. The minimum atomic E-state index is 0.125. The number of benzene rings is 2. The second kappa shape index (κ2) is 9.02. The maximum atomic E-state index is 11.3. The number of hydrogen-bond donors (Lipinski definition) is 0. The molecule has 0 spiro atoms. The van der Waals surface area contributed by atoms with Gasteiger partial charge in [0.15, 0.2) is 0 Å². The molecule has 0 saturated carbocycles. The third kappa shape index (κ3) is 4.26. The van der Waals surface area contributed by atoms with Crippen LogP contribution in [0, 0.1) is 5.92 Å². The van der Waals surface area contributed by atoms with Crippen molar-refractivity contribution in [3.63, 3.8) is 0 Å². The van der Waals surface area contributed by atoms with E-state index >= 15 is 0 Å². The highest BCUT2D eigenvalue weighted by Crippen LogP contribution is 2.44. The van der Waals surface area contributed by atoms with E-state index in [-0.39, 0.29) is 18.1 Å². The van der Waals surface area contributed by atoms with Crippen molar-refractivity contribution in [2.45, 2.75) is 45.8 Å². The summed E-state index contributed by atoms with van der Waals surface area (Å²) in [4.78, 5) is 18.3. The topological polar surface area (TPSA) is 68.5 Å². The first-order valence-electron chi connectivity index (χ1n) is 10.9. The predicted octanol–water partition coefficient (Wildman–Crippen LogP) is 4.94. The summed E-state index contributed by atoms with van der Waals surface area (Å²) in [5.74, 6) is 2.14. The zero-order valence-corrected chi connectivity index (χ0v) is 18.5. The number of aldehydes is 1. The Balaban J connectivity index is 1.65. The Kier molecular flexibility index (Phi) is 6.18. The Morgan fingerprint density at radius 3 is 2.68 bits per heavy atom. The lowest BCUT2D eigenvalue weighted by atomic mass is 9.96. The first-order chi connectivity index (χ1) is 15.0. The van der Waals surface area contributed by atoms with Gasteiger partial charge in [-0.15, -0.1) is 0 Å². The molecule has 0 saturated heterocycles. The molecule has 0 bridgehead atoms. The number of fused-ring (bicyclic) bond motifs is 1. The zero-order valence-electron chi connectivity index (χ0n) is 18.5. The molecule has 0 fully saturated rings. The van der Waals surface area contributed by atoms with Gasteiger partial charge in [-0.05, 0) is 75.2 Å². The van der Waals surface area contributed by atoms with Gasteiger partial charge in [-0.2, -0.15) is 4.98 Å². The second-order valence-electron chi connectivity index (χ2n) is 8.37. The fourth-order valence-corrected chi connectivity index (χ4v) is 4.48. The molecule has 4 rings (SSSR count). The first-order valence-corrected chi connectivity index (χ1v) is 10.9. The lowest BCUT2D eigenvalue weighted by Gasteiger charge is -2.28. The number of aromatic nitrogens is 2. The molecule has 6 nitrogen and oxygen atoms in total. The fourth-order valence-electron chi connectivity index (χ4n) is 4.48. The third-order valence-electron chi connectivity index (χ3n) is 5.96. The van der Waals surface area contributed by atoms with E-state index in [1.54, 1.807) is 0 Å². The molecule has 6 heteroatoms. The summed E-state index contributed by atoms with van der Waals surface area (Å²) in [7, 11) is 2.11. The van der Waals surface area contributed by atoms with Gasteiger partial charge in [0.1, 0.15) is 12.0 Å². The van der Waals surface area contributed by atoms with Crippen molar-refractivity contribution in [3.05, 3.63) is 53.6 Å². The third-order valence-corrected chi connectivity index (χ3v) is 5.96. The van der Waals surface area contributed by atoms with Crippen molar-refractivity contribution < 1.29 is 14.1 Å². The lowest BCUT2D eigenvalue weighted by molar-refractivity contribution is -0.109. The summed E-state index contributed by atoms with van der Waals surface area (Å²) in [6, 6.07) is 14.2. The standard InChI is InChI=1S/C25H29N3O3/c1-5-28(4)23-18(13-14-29)15-22-20(23)7-6-8-21(22)24-26-25(31-27-24)17-9-11-19(12-10-17)30-16(2)3/h6-12,14,16,18,23H,5,13,15H2,1-4H3/t18-,23-/m1/s1. The van der Waals surface area contributed by atoms with E-state index in [9.17, 15) is 4.79 Å². The minimum absolute atomic E-state index is 0.125. The van der Waals surface area contributed by atoms with E-state index in [4.69, 9.17) is 9.26 Å². The highest BCUT2D eigenvalue weighted by molar-refractivity contribution is 5.67. The number of hydrogen-bond acceptors (Lipinski definition) is 6. The van der Waals surface area contributed by atoms with Gasteiger partial charge in [-0.1, -0.05) is 30.3 Å². The van der Waals surface area contributed by atoms with Gasteiger partial charge >= 0.3 is 0 Å². The second-order valence-corrected chi connectivity index (χ2v) is 8.37. The van der Waals surface area contributed by atoms with Gasteiger partial charge in [-0.3, -0.25) is 4.90 Å².